The molecule has 0 fully saturated rings. The average Bonchev–Trinajstić information content (AvgIpc) is 3.93. The Balaban J connectivity index is 0.00000131. The van der Waals surface area contributed by atoms with Gasteiger partial charge in [-0.25, -0.2) is 0 Å². The lowest BCUT2D eigenvalue weighted by Crippen LogP contribution is -2.02. The van der Waals surface area contributed by atoms with Crippen LogP contribution in [0.5, 0.6) is 0 Å². The Morgan fingerprint density at radius 2 is 0.632 bits per heavy atom. The molecule has 0 aliphatic rings. The van der Waals surface area contributed by atoms with E-state index in [9.17, 15) is 5.11 Å². The van der Waals surface area contributed by atoms with E-state index in [-0.39, 0.29) is 11.8 Å². The number of hydrogen-bond donors (Lipinski definition) is 1. The third kappa shape index (κ3) is 7.63. The lowest BCUT2D eigenvalue weighted by atomic mass is 9.87. The van der Waals surface area contributed by atoms with Gasteiger partial charge in [0.2, 0.25) is 0 Å². The molecular formula is C65H58N2O. The minimum absolute atomic E-state index is 0.198. The number of aliphatic hydroxyl groups is 1. The average molecular weight is 883 g/mol. The van der Waals surface area contributed by atoms with Gasteiger partial charge in [-0.2, -0.15) is 0 Å². The number of hydrogen-bond acceptors (Lipinski definition) is 1. The van der Waals surface area contributed by atoms with E-state index < -0.39 is 6.10 Å². The molecule has 3 nitrogen and oxygen atoms in total. The van der Waals surface area contributed by atoms with Crippen molar-refractivity contribution in [2.75, 3.05) is 0 Å². The van der Waals surface area contributed by atoms with Gasteiger partial charge in [0, 0.05) is 44.8 Å². The Morgan fingerprint density at radius 1 is 0.309 bits per heavy atom. The first-order valence-electron chi connectivity index (χ1n) is 24.4. The van der Waals surface area contributed by atoms with Gasteiger partial charge in [-0.1, -0.05) is 199 Å². The minimum atomic E-state index is -0.768. The third-order valence-electron chi connectivity index (χ3n) is 13.9. The molecule has 12 rings (SSSR count). The van der Waals surface area contributed by atoms with Crippen LogP contribution in [-0.4, -0.2) is 14.2 Å². The van der Waals surface area contributed by atoms with Crippen molar-refractivity contribution < 1.29 is 5.11 Å². The van der Waals surface area contributed by atoms with Crippen molar-refractivity contribution in [1.29, 1.82) is 0 Å². The van der Waals surface area contributed by atoms with Gasteiger partial charge in [0.25, 0.3) is 0 Å². The number of para-hydroxylation sites is 2. The maximum Gasteiger partial charge on any atom is 0.104 e. The molecule has 68 heavy (non-hydrogen) atoms. The molecule has 2 aromatic heterocycles. The summed E-state index contributed by atoms with van der Waals surface area (Å²) in [5.74, 6) is 0.395. The summed E-state index contributed by atoms with van der Waals surface area (Å²) < 4.78 is 4.70. The molecule has 0 bridgehead atoms. The highest BCUT2D eigenvalue weighted by Gasteiger charge is 2.21. The van der Waals surface area contributed by atoms with Crippen molar-refractivity contribution in [3.8, 4) is 11.4 Å². The van der Waals surface area contributed by atoms with Crippen molar-refractivity contribution in [2.24, 2.45) is 0 Å². The molecule has 0 radical (unpaired) electrons. The van der Waals surface area contributed by atoms with E-state index in [0.717, 1.165) is 33.5 Å². The molecule has 0 saturated heterocycles. The molecule has 3 heteroatoms. The maximum atomic E-state index is 11.8. The highest BCUT2D eigenvalue weighted by Crippen LogP contribution is 2.40. The number of aliphatic hydroxyl groups excluding tert-OH is 1. The normalized spacial score (nSPS) is 12.8. The summed E-state index contributed by atoms with van der Waals surface area (Å²) in [5.41, 5.74) is 13.7. The predicted molar refractivity (Wildman–Crippen MR) is 291 cm³/mol. The van der Waals surface area contributed by atoms with Gasteiger partial charge in [-0.3, -0.25) is 0 Å². The van der Waals surface area contributed by atoms with Crippen LogP contribution in [0.1, 0.15) is 92.9 Å². The van der Waals surface area contributed by atoms with Crippen molar-refractivity contribution in [2.45, 2.75) is 59.5 Å². The molecule has 0 amide bonds. The zero-order valence-electron chi connectivity index (χ0n) is 39.9. The number of aromatic nitrogens is 2. The second kappa shape index (κ2) is 18.9. The second-order valence-corrected chi connectivity index (χ2v) is 17.4. The third-order valence-corrected chi connectivity index (χ3v) is 13.9. The Hall–Kier alpha value is -7.72. The van der Waals surface area contributed by atoms with Crippen LogP contribution in [0.2, 0.25) is 0 Å². The predicted octanol–water partition coefficient (Wildman–Crippen LogP) is 17.6. The molecule has 0 spiro atoms. The van der Waals surface area contributed by atoms with Crippen molar-refractivity contribution >= 4 is 65.2 Å². The number of nitrogens with zero attached hydrogens (tertiary/aromatic N) is 2. The van der Waals surface area contributed by atoms with Crippen LogP contribution >= 0.6 is 0 Å². The summed E-state index contributed by atoms with van der Waals surface area (Å²) in [6.45, 7) is 12.7. The first kappa shape index (κ1) is 44.1. The monoisotopic (exact) mass is 882 g/mol. The SMILES string of the molecule is CC.CC.CC(c1ccc2c(c1)c1cc(C(C)c3cccc4ccccc34)ccc1n2-c1ccc(C(O)c2ccc(-n3c4ccccc4c4ccccc43)cc2)cc1)c1cccc2ccccc12. The highest BCUT2D eigenvalue weighted by atomic mass is 16.3. The Bertz CT molecular complexity index is 3520. The van der Waals surface area contributed by atoms with E-state index in [1.165, 1.54) is 76.4 Å². The summed E-state index contributed by atoms with van der Waals surface area (Å²) >= 11 is 0. The standard InChI is InChI=1S/C61H46N2O.2C2H6/c1-39(49-21-11-15-41-13-3-5-17-51(41)49)45-29-35-59-55(37-45)56-38-46(40(2)50-22-12-16-42-14-4-6-18-52(42)50)30-36-60(56)63(59)48-33-27-44(28-34-48)61(64)43-25-31-47(32-26-43)62-57-23-9-7-19-53(57)54-20-8-10-24-58(54)62;2*1-2/h3-40,61,64H,1-2H3;2*1-2H3. The maximum absolute atomic E-state index is 11.8. The zero-order valence-corrected chi connectivity index (χ0v) is 39.9. The van der Waals surface area contributed by atoms with E-state index in [1.807, 2.05) is 27.7 Å². The van der Waals surface area contributed by atoms with E-state index in [2.05, 4.69) is 241 Å². The molecule has 12 aromatic rings. The van der Waals surface area contributed by atoms with Crippen molar-refractivity contribution in [3.05, 3.63) is 252 Å². The summed E-state index contributed by atoms with van der Waals surface area (Å²) in [6.07, 6.45) is -0.768. The molecule has 2 heterocycles. The summed E-state index contributed by atoms with van der Waals surface area (Å²) in [6, 6.07) is 78.7. The molecule has 3 atom stereocenters. The smallest absolute Gasteiger partial charge is 0.104 e. The van der Waals surface area contributed by atoms with Crippen LogP contribution in [0.15, 0.2) is 218 Å². The first-order chi connectivity index (χ1) is 33.5. The number of benzene rings is 10. The molecule has 334 valence electrons. The van der Waals surface area contributed by atoms with Gasteiger partial charge in [0.1, 0.15) is 6.10 Å². The van der Waals surface area contributed by atoms with Crippen LogP contribution in [0.3, 0.4) is 0 Å². The van der Waals surface area contributed by atoms with E-state index in [1.54, 1.807) is 0 Å². The molecular weight excluding hydrogens is 825 g/mol. The fraction of sp³-hybridized carbons (Fsp3) is 0.138. The van der Waals surface area contributed by atoms with Gasteiger partial charge >= 0.3 is 0 Å². The van der Waals surface area contributed by atoms with Gasteiger partial charge in [-0.05, 0) is 116 Å². The fourth-order valence-electron chi connectivity index (χ4n) is 10.5. The number of rotatable bonds is 8. The van der Waals surface area contributed by atoms with Crippen LogP contribution in [-0.2, 0) is 0 Å². The van der Waals surface area contributed by atoms with Gasteiger partial charge < -0.3 is 14.2 Å². The lowest BCUT2D eigenvalue weighted by molar-refractivity contribution is 0.220. The van der Waals surface area contributed by atoms with Gasteiger partial charge in [-0.15, -0.1) is 0 Å². The number of fused-ring (bicyclic) bond motifs is 8. The van der Waals surface area contributed by atoms with Crippen LogP contribution in [0.4, 0.5) is 0 Å². The Labute approximate surface area is 400 Å². The highest BCUT2D eigenvalue weighted by molar-refractivity contribution is 6.10. The molecule has 0 aliphatic heterocycles. The Morgan fingerprint density at radius 3 is 1.04 bits per heavy atom. The van der Waals surface area contributed by atoms with Crippen LogP contribution in [0, 0.1) is 0 Å². The largest absolute Gasteiger partial charge is 0.384 e. The second-order valence-electron chi connectivity index (χ2n) is 17.4. The van der Waals surface area contributed by atoms with Gasteiger partial charge in [0.05, 0.1) is 22.1 Å². The van der Waals surface area contributed by atoms with E-state index in [0.29, 0.717) is 0 Å². The van der Waals surface area contributed by atoms with Gasteiger partial charge in [0.15, 0.2) is 0 Å². The Kier molecular flexibility index (Phi) is 12.3. The minimum Gasteiger partial charge on any atom is -0.384 e. The van der Waals surface area contributed by atoms with Crippen molar-refractivity contribution in [3.63, 3.8) is 0 Å². The molecule has 10 aromatic carbocycles. The summed E-state index contributed by atoms with van der Waals surface area (Å²) in [7, 11) is 0. The quantitative estimate of drug-likeness (QED) is 0.162. The van der Waals surface area contributed by atoms with Crippen LogP contribution in [0.25, 0.3) is 76.5 Å². The fourth-order valence-corrected chi connectivity index (χ4v) is 10.5. The first-order valence-corrected chi connectivity index (χ1v) is 24.4. The molecule has 0 aliphatic carbocycles. The van der Waals surface area contributed by atoms with E-state index in [4.69, 9.17) is 0 Å². The molecule has 0 saturated carbocycles. The molecule has 1 N–H and O–H groups in total. The van der Waals surface area contributed by atoms with Crippen molar-refractivity contribution in [1.82, 2.24) is 9.13 Å². The summed E-state index contributed by atoms with van der Waals surface area (Å²) in [4.78, 5) is 0. The zero-order chi connectivity index (χ0) is 46.9. The lowest BCUT2D eigenvalue weighted by Gasteiger charge is -2.16. The topological polar surface area (TPSA) is 30.1 Å². The van der Waals surface area contributed by atoms with E-state index >= 15 is 0 Å². The summed E-state index contributed by atoms with van der Waals surface area (Å²) in [5, 5.41) is 21.9. The van der Waals surface area contributed by atoms with Crippen LogP contribution < -0.4 is 0 Å². The molecule has 3 unspecified atom stereocenters.